The fourth-order valence-corrected chi connectivity index (χ4v) is 3.90. The van der Waals surface area contributed by atoms with Gasteiger partial charge in [-0.1, -0.05) is 10.3 Å². The van der Waals surface area contributed by atoms with Crippen molar-refractivity contribution < 1.29 is 43.5 Å². The van der Waals surface area contributed by atoms with Crippen molar-refractivity contribution in [3.8, 4) is 17.1 Å². The Labute approximate surface area is 227 Å². The third-order valence-corrected chi connectivity index (χ3v) is 6.41. The number of anilines is 1. The molecule has 210 valence electrons. The zero-order valence-corrected chi connectivity index (χ0v) is 21.7. The molecule has 17 heteroatoms. The van der Waals surface area contributed by atoms with Crippen molar-refractivity contribution in [2.75, 3.05) is 12.3 Å². The van der Waals surface area contributed by atoms with Crippen molar-refractivity contribution in [2.45, 2.75) is 31.9 Å². The average Bonchev–Trinajstić information content (AvgIpc) is 3.56. The van der Waals surface area contributed by atoms with Crippen molar-refractivity contribution in [1.82, 2.24) is 20.4 Å². The first-order chi connectivity index (χ1) is 18.9. The summed E-state index contributed by atoms with van der Waals surface area (Å²) in [6.45, 7) is 2.16. The number of hydrogen-bond acceptors (Lipinski definition) is 14. The van der Waals surface area contributed by atoms with E-state index in [0.717, 1.165) is 23.6 Å². The lowest BCUT2D eigenvalue weighted by atomic mass is 9.85. The molecule has 0 bridgehead atoms. The zero-order valence-electron chi connectivity index (χ0n) is 20.9. The molecule has 3 aromatic rings. The average molecular weight is 575 g/mol. The Balaban J connectivity index is 1.40. The highest BCUT2D eigenvalue weighted by molar-refractivity contribution is 7.13. The van der Waals surface area contributed by atoms with Gasteiger partial charge in [-0.05, 0) is 13.8 Å². The van der Waals surface area contributed by atoms with Crippen LogP contribution in [0.2, 0.25) is 0 Å². The number of amides is 1. The van der Waals surface area contributed by atoms with Gasteiger partial charge in [0.25, 0.3) is 0 Å². The number of carbonyl (C=O) groups excluding carboxylic acids is 3. The molecule has 4 heterocycles. The minimum absolute atomic E-state index is 0.0486. The maximum atomic E-state index is 13.1. The van der Waals surface area contributed by atoms with E-state index in [2.05, 4.69) is 25.6 Å². The van der Waals surface area contributed by atoms with Crippen molar-refractivity contribution in [2.24, 2.45) is 11.1 Å². The summed E-state index contributed by atoms with van der Waals surface area (Å²) in [6, 6.07) is 1.56. The van der Waals surface area contributed by atoms with E-state index in [4.69, 9.17) is 19.8 Å². The highest BCUT2D eigenvalue weighted by Gasteiger charge is 2.42. The monoisotopic (exact) mass is 574 g/mol. The van der Waals surface area contributed by atoms with E-state index in [1.807, 2.05) is 0 Å². The van der Waals surface area contributed by atoms with Crippen LogP contribution in [0.15, 0.2) is 38.2 Å². The van der Waals surface area contributed by atoms with Crippen LogP contribution in [0.5, 0.6) is 5.75 Å². The summed E-state index contributed by atoms with van der Waals surface area (Å²) in [7, 11) is 0. The predicted molar refractivity (Wildman–Crippen MR) is 135 cm³/mol. The molecule has 40 heavy (non-hydrogen) atoms. The number of nitrogen functional groups attached to an aromatic ring is 1. The summed E-state index contributed by atoms with van der Waals surface area (Å²) < 4.78 is 10.2. The number of aromatic nitrogens is 3. The molecule has 1 aliphatic heterocycles. The number of Topliss-reactive ketones (excluding diaryl/α,β-unsaturated/α-hetero) is 1. The van der Waals surface area contributed by atoms with Crippen molar-refractivity contribution >= 4 is 45.8 Å². The second kappa shape index (κ2) is 11.0. The van der Waals surface area contributed by atoms with Gasteiger partial charge in [-0.15, -0.1) is 11.3 Å². The van der Waals surface area contributed by atoms with Gasteiger partial charge in [-0.25, -0.2) is 14.6 Å². The number of carboxylic acid groups (broad SMARTS) is 1. The summed E-state index contributed by atoms with van der Waals surface area (Å²) in [5.74, 6) is -5.08. The molecule has 0 radical (unpaired) electrons. The molecule has 2 atom stereocenters. The van der Waals surface area contributed by atoms with Gasteiger partial charge in [0, 0.05) is 30.1 Å². The van der Waals surface area contributed by atoms with Crippen LogP contribution in [0.25, 0.3) is 11.4 Å². The van der Waals surface area contributed by atoms with Crippen LogP contribution in [0.4, 0.5) is 5.13 Å². The van der Waals surface area contributed by atoms with Gasteiger partial charge in [-0.3, -0.25) is 14.4 Å². The van der Waals surface area contributed by atoms with Crippen LogP contribution < -0.4 is 16.5 Å². The number of ketones is 1. The van der Waals surface area contributed by atoms with Crippen molar-refractivity contribution in [3.05, 3.63) is 45.4 Å². The first-order valence-electron chi connectivity index (χ1n) is 11.5. The normalized spacial score (nSPS) is 17.1. The number of oxime groups is 1. The number of H-pyrrole nitrogens is 1. The number of aromatic hydroxyl groups is 1. The van der Waals surface area contributed by atoms with Crippen molar-refractivity contribution in [3.63, 3.8) is 0 Å². The summed E-state index contributed by atoms with van der Waals surface area (Å²) in [4.78, 5) is 72.4. The highest BCUT2D eigenvalue weighted by Crippen LogP contribution is 2.24. The number of rotatable bonds is 11. The van der Waals surface area contributed by atoms with E-state index in [1.54, 1.807) is 0 Å². The van der Waals surface area contributed by atoms with Crippen molar-refractivity contribution in [1.29, 1.82) is 0 Å². The topological polar surface area (TPSA) is 249 Å². The van der Waals surface area contributed by atoms with Gasteiger partial charge in [0.2, 0.25) is 22.7 Å². The van der Waals surface area contributed by atoms with Crippen LogP contribution in [-0.2, 0) is 24.0 Å². The molecule has 1 amide bonds. The van der Waals surface area contributed by atoms with E-state index in [9.17, 15) is 34.2 Å². The molecule has 1 fully saturated rings. The van der Waals surface area contributed by atoms with Crippen LogP contribution in [-0.4, -0.2) is 72.9 Å². The third kappa shape index (κ3) is 5.98. The molecule has 3 aromatic heterocycles. The minimum Gasteiger partial charge on any atom is -0.503 e. The van der Waals surface area contributed by atoms with E-state index >= 15 is 0 Å². The maximum Gasteiger partial charge on any atom is 0.377 e. The summed E-state index contributed by atoms with van der Waals surface area (Å²) >= 11 is 1.02. The number of nitrogens with two attached hydrogens (primary N) is 1. The lowest BCUT2D eigenvalue weighted by Gasteiger charge is -2.35. The Kier molecular flexibility index (Phi) is 7.67. The summed E-state index contributed by atoms with van der Waals surface area (Å²) in [5.41, 5.74) is 3.25. The molecule has 6 N–H and O–H groups in total. The van der Waals surface area contributed by atoms with Crippen LogP contribution in [0, 0.1) is 5.92 Å². The number of aromatic amines is 1. The lowest BCUT2D eigenvalue weighted by Crippen LogP contribution is -2.61. The number of nitrogens with one attached hydrogen (secondary N) is 2. The molecular weight excluding hydrogens is 552 g/mol. The fraction of sp³-hybridized carbons (Fsp3) is 0.304. The Morgan fingerprint density at radius 3 is 2.65 bits per heavy atom. The second-order valence-corrected chi connectivity index (χ2v) is 9.93. The van der Waals surface area contributed by atoms with Crippen LogP contribution >= 0.6 is 11.3 Å². The molecule has 1 saturated heterocycles. The number of nitrogens with zero attached hydrogens (tertiary/aromatic N) is 3. The Morgan fingerprint density at radius 2 is 2.02 bits per heavy atom. The molecule has 4 rings (SSSR count). The van der Waals surface area contributed by atoms with E-state index in [1.165, 1.54) is 25.3 Å². The number of carboxylic acids is 1. The third-order valence-electron chi connectivity index (χ3n) is 5.74. The number of ether oxygens (including phenoxy) is 1. The number of carbonyl (C=O) groups is 4. The Bertz CT molecular complexity index is 1570. The smallest absolute Gasteiger partial charge is 0.377 e. The van der Waals surface area contributed by atoms with Gasteiger partial charge in [0.15, 0.2) is 22.4 Å². The molecule has 16 nitrogen and oxygen atoms in total. The highest BCUT2D eigenvalue weighted by atomic mass is 32.1. The summed E-state index contributed by atoms with van der Waals surface area (Å²) in [5, 5.41) is 30.1. The molecule has 0 aliphatic carbocycles. The van der Waals surface area contributed by atoms with Gasteiger partial charge >= 0.3 is 11.9 Å². The number of hydrogen-bond donors (Lipinski definition) is 5. The molecule has 0 saturated carbocycles. The number of aliphatic carboxylic acids is 1. The minimum atomic E-state index is -1.75. The Morgan fingerprint density at radius 1 is 1.27 bits per heavy atom. The number of thiazole rings is 1. The van der Waals surface area contributed by atoms with Gasteiger partial charge in [-0.2, -0.15) is 0 Å². The first-order valence-corrected chi connectivity index (χ1v) is 12.3. The lowest BCUT2D eigenvalue weighted by molar-refractivity contribution is -0.161. The fourth-order valence-electron chi connectivity index (χ4n) is 3.35. The number of esters is 1. The van der Waals surface area contributed by atoms with Gasteiger partial charge < -0.3 is 40.3 Å². The molecule has 0 aromatic carbocycles. The van der Waals surface area contributed by atoms with Crippen LogP contribution in [0.3, 0.4) is 0 Å². The molecule has 1 aliphatic rings. The SMILES string of the molecule is CC(C)(O/N=C(\C(=O)C[C@@H]1C(=O)N[C@@H]1COC(=O)c1cc(-c2cc(=O)c(O)c[nH]2)no1)c1csc(N)n1)C(=O)O. The number of pyridine rings is 1. The van der Waals surface area contributed by atoms with Gasteiger partial charge in [0.05, 0.1) is 17.7 Å². The zero-order chi connectivity index (χ0) is 29.2. The van der Waals surface area contributed by atoms with Gasteiger partial charge in [0.1, 0.15) is 18.0 Å². The molecular formula is C23H22N6O10S. The standard InChI is InChI=1S/C23H22N6O10S/c1-23(2,21(35)36)39-29-18(13-8-40-22(24)27-13)15(31)3-9-12(26-19(9)33)7-37-20(34)17-5-11(28-38-17)10-4-14(30)16(32)6-25-10/h4-6,8-9,12,32H,3,7H2,1-2H3,(H2,24,27)(H,25,30)(H,26,33)(H,35,36)/b29-18-/t9-,12+/m0/s1. The maximum absolute atomic E-state index is 13.1. The Hall–Kier alpha value is -5.06. The van der Waals surface area contributed by atoms with E-state index in [-0.39, 0.29) is 46.7 Å². The van der Waals surface area contributed by atoms with E-state index in [0.29, 0.717) is 0 Å². The molecule has 0 spiro atoms. The molecule has 0 unspecified atom stereocenters. The second-order valence-electron chi connectivity index (χ2n) is 9.04. The van der Waals surface area contributed by atoms with Crippen LogP contribution in [0.1, 0.15) is 36.5 Å². The van der Waals surface area contributed by atoms with E-state index < -0.39 is 52.4 Å². The predicted octanol–water partition coefficient (Wildman–Crippen LogP) is 0.289. The number of β-lactam (4-membered cyclic amide) rings is 1. The summed E-state index contributed by atoms with van der Waals surface area (Å²) in [6.07, 6.45) is 0.686. The first kappa shape index (κ1) is 28.0. The largest absolute Gasteiger partial charge is 0.503 e. The quantitative estimate of drug-likeness (QED) is 0.0895.